The minimum absolute atomic E-state index is 0.139. The van der Waals surface area contributed by atoms with Gasteiger partial charge in [0.25, 0.3) is 17.5 Å². The predicted molar refractivity (Wildman–Crippen MR) is 114 cm³/mol. The number of hydrazone groups is 1. The van der Waals surface area contributed by atoms with E-state index < -0.39 is 10.8 Å². The van der Waals surface area contributed by atoms with Crippen molar-refractivity contribution in [3.63, 3.8) is 0 Å². The SMILES string of the molecule is O=C(N/N=C/c1cc([N+](=O)[O-])ccc1Cl)c1ccc(NC(=O)c2ccccc2)cc1. The number of amides is 2. The summed E-state index contributed by atoms with van der Waals surface area (Å²) in [5, 5.41) is 17.6. The van der Waals surface area contributed by atoms with Crippen molar-refractivity contribution in [1.82, 2.24) is 5.43 Å². The first-order valence-corrected chi connectivity index (χ1v) is 9.05. The van der Waals surface area contributed by atoms with Crippen LogP contribution in [0.1, 0.15) is 26.3 Å². The van der Waals surface area contributed by atoms with Gasteiger partial charge in [0, 0.05) is 39.5 Å². The third-order valence-corrected chi connectivity index (χ3v) is 4.35. The van der Waals surface area contributed by atoms with Crippen LogP contribution in [-0.2, 0) is 0 Å². The van der Waals surface area contributed by atoms with Crippen LogP contribution in [-0.4, -0.2) is 23.0 Å². The van der Waals surface area contributed by atoms with Gasteiger partial charge in [0.2, 0.25) is 0 Å². The Hall–Kier alpha value is -4.04. The molecule has 8 nitrogen and oxygen atoms in total. The van der Waals surface area contributed by atoms with Gasteiger partial charge >= 0.3 is 0 Å². The van der Waals surface area contributed by atoms with Crippen LogP contribution in [0.25, 0.3) is 0 Å². The summed E-state index contributed by atoms with van der Waals surface area (Å²) in [6.45, 7) is 0. The van der Waals surface area contributed by atoms with Crippen LogP contribution in [0.5, 0.6) is 0 Å². The third-order valence-electron chi connectivity index (χ3n) is 4.00. The van der Waals surface area contributed by atoms with Gasteiger partial charge in [0.05, 0.1) is 11.1 Å². The fraction of sp³-hybridized carbons (Fsp3) is 0. The Balaban J connectivity index is 1.61. The van der Waals surface area contributed by atoms with Crippen molar-refractivity contribution in [1.29, 1.82) is 0 Å². The van der Waals surface area contributed by atoms with Crippen LogP contribution in [0.15, 0.2) is 77.9 Å². The number of carbonyl (C=O) groups is 2. The van der Waals surface area contributed by atoms with Gasteiger partial charge in [-0.25, -0.2) is 5.43 Å². The number of anilines is 1. The molecule has 2 N–H and O–H groups in total. The van der Waals surface area contributed by atoms with Gasteiger partial charge in [-0.05, 0) is 42.5 Å². The molecule has 0 fully saturated rings. The van der Waals surface area contributed by atoms with E-state index in [1.807, 2.05) is 6.07 Å². The zero-order chi connectivity index (χ0) is 21.5. The van der Waals surface area contributed by atoms with Crippen molar-refractivity contribution in [2.75, 3.05) is 5.32 Å². The number of benzene rings is 3. The average molecular weight is 423 g/mol. The number of rotatable bonds is 6. The molecule has 0 spiro atoms. The molecule has 0 saturated heterocycles. The molecule has 9 heteroatoms. The van der Waals surface area contributed by atoms with Gasteiger partial charge < -0.3 is 5.32 Å². The molecule has 0 aliphatic heterocycles. The first-order valence-electron chi connectivity index (χ1n) is 8.68. The lowest BCUT2D eigenvalue weighted by atomic mass is 10.1. The Morgan fingerprint density at radius 2 is 1.60 bits per heavy atom. The summed E-state index contributed by atoms with van der Waals surface area (Å²) in [6.07, 6.45) is 1.22. The van der Waals surface area contributed by atoms with Crippen LogP contribution in [0, 0.1) is 10.1 Å². The normalized spacial score (nSPS) is 10.6. The summed E-state index contributed by atoms with van der Waals surface area (Å²) < 4.78 is 0. The maximum absolute atomic E-state index is 12.2. The molecule has 0 aromatic heterocycles. The van der Waals surface area contributed by atoms with E-state index in [1.165, 1.54) is 36.5 Å². The quantitative estimate of drug-likeness (QED) is 0.351. The van der Waals surface area contributed by atoms with Crippen LogP contribution in [0.2, 0.25) is 5.02 Å². The second-order valence-corrected chi connectivity index (χ2v) is 6.47. The fourth-order valence-electron chi connectivity index (χ4n) is 2.47. The molecule has 3 aromatic rings. The highest BCUT2D eigenvalue weighted by Crippen LogP contribution is 2.20. The van der Waals surface area contributed by atoms with E-state index in [-0.39, 0.29) is 16.6 Å². The number of halogens is 1. The molecular weight excluding hydrogens is 408 g/mol. The molecule has 0 atom stereocenters. The van der Waals surface area contributed by atoms with Crippen molar-refractivity contribution >= 4 is 41.0 Å². The Morgan fingerprint density at radius 1 is 0.933 bits per heavy atom. The van der Waals surface area contributed by atoms with E-state index in [2.05, 4.69) is 15.8 Å². The van der Waals surface area contributed by atoms with E-state index in [9.17, 15) is 19.7 Å². The largest absolute Gasteiger partial charge is 0.322 e. The summed E-state index contributed by atoms with van der Waals surface area (Å²) in [5.41, 5.74) is 3.85. The highest BCUT2D eigenvalue weighted by atomic mass is 35.5. The molecule has 0 saturated carbocycles. The van der Waals surface area contributed by atoms with Crippen molar-refractivity contribution in [3.05, 3.63) is 105 Å². The molecule has 0 bridgehead atoms. The van der Waals surface area contributed by atoms with Crippen LogP contribution < -0.4 is 10.7 Å². The van der Waals surface area contributed by atoms with Gasteiger partial charge in [-0.2, -0.15) is 5.10 Å². The molecule has 150 valence electrons. The molecule has 0 aliphatic rings. The summed E-state index contributed by atoms with van der Waals surface area (Å²) in [5.74, 6) is -0.750. The summed E-state index contributed by atoms with van der Waals surface area (Å²) >= 11 is 5.98. The highest BCUT2D eigenvalue weighted by Gasteiger charge is 2.09. The zero-order valence-corrected chi connectivity index (χ0v) is 16.2. The van der Waals surface area contributed by atoms with Crippen molar-refractivity contribution in [2.24, 2.45) is 5.10 Å². The molecule has 0 aliphatic carbocycles. The molecule has 2 amide bonds. The van der Waals surface area contributed by atoms with E-state index in [0.29, 0.717) is 22.4 Å². The number of hydrogen-bond donors (Lipinski definition) is 2. The molecule has 3 rings (SSSR count). The van der Waals surface area contributed by atoms with Gasteiger partial charge in [-0.15, -0.1) is 0 Å². The second kappa shape index (κ2) is 9.44. The first kappa shape index (κ1) is 20.7. The Bertz CT molecular complexity index is 1120. The highest BCUT2D eigenvalue weighted by molar-refractivity contribution is 6.33. The number of nitrogens with zero attached hydrogens (tertiary/aromatic N) is 2. The molecule has 0 heterocycles. The standard InChI is InChI=1S/C21H15ClN4O4/c22-19-11-10-18(26(29)30)12-16(19)13-23-25-21(28)15-6-8-17(9-7-15)24-20(27)14-4-2-1-3-5-14/h1-13H,(H,24,27)(H,25,28)/b23-13+. The van der Waals surface area contributed by atoms with E-state index in [0.717, 1.165) is 0 Å². The maximum atomic E-state index is 12.2. The van der Waals surface area contributed by atoms with E-state index >= 15 is 0 Å². The fourth-order valence-corrected chi connectivity index (χ4v) is 2.63. The van der Waals surface area contributed by atoms with E-state index in [1.54, 1.807) is 36.4 Å². The van der Waals surface area contributed by atoms with Gasteiger partial charge in [-0.1, -0.05) is 29.8 Å². The van der Waals surface area contributed by atoms with E-state index in [4.69, 9.17) is 11.6 Å². The lowest BCUT2D eigenvalue weighted by Crippen LogP contribution is -2.18. The summed E-state index contributed by atoms with van der Waals surface area (Å²) in [4.78, 5) is 34.6. The Morgan fingerprint density at radius 3 is 2.27 bits per heavy atom. The lowest BCUT2D eigenvalue weighted by Gasteiger charge is -2.06. The number of carbonyl (C=O) groups excluding carboxylic acids is 2. The third kappa shape index (κ3) is 5.27. The van der Waals surface area contributed by atoms with Crippen molar-refractivity contribution in [2.45, 2.75) is 0 Å². The van der Waals surface area contributed by atoms with Gasteiger partial charge in [0.15, 0.2) is 0 Å². The zero-order valence-electron chi connectivity index (χ0n) is 15.4. The minimum atomic E-state index is -0.551. The second-order valence-electron chi connectivity index (χ2n) is 6.06. The Kier molecular flexibility index (Phi) is 6.51. The molecule has 0 radical (unpaired) electrons. The Labute approximate surface area is 176 Å². The average Bonchev–Trinajstić information content (AvgIpc) is 2.76. The van der Waals surface area contributed by atoms with Gasteiger partial charge in [0.1, 0.15) is 0 Å². The maximum Gasteiger partial charge on any atom is 0.271 e. The smallest absolute Gasteiger partial charge is 0.271 e. The summed E-state index contributed by atoms with van der Waals surface area (Å²) in [7, 11) is 0. The minimum Gasteiger partial charge on any atom is -0.322 e. The van der Waals surface area contributed by atoms with Crippen molar-refractivity contribution in [3.8, 4) is 0 Å². The number of nitro benzene ring substituents is 1. The number of non-ortho nitro benzene ring substituents is 1. The number of hydrogen-bond acceptors (Lipinski definition) is 5. The topological polar surface area (TPSA) is 114 Å². The number of nitrogens with one attached hydrogen (secondary N) is 2. The molecule has 0 unspecified atom stereocenters. The van der Waals surface area contributed by atoms with Crippen LogP contribution >= 0.6 is 11.6 Å². The molecule has 3 aromatic carbocycles. The van der Waals surface area contributed by atoms with Crippen molar-refractivity contribution < 1.29 is 14.5 Å². The monoisotopic (exact) mass is 422 g/mol. The van der Waals surface area contributed by atoms with Crippen LogP contribution in [0.4, 0.5) is 11.4 Å². The first-order chi connectivity index (χ1) is 14.4. The molecule has 30 heavy (non-hydrogen) atoms. The lowest BCUT2D eigenvalue weighted by molar-refractivity contribution is -0.384. The summed E-state index contributed by atoms with van der Waals surface area (Å²) in [6, 6.07) is 18.9. The van der Waals surface area contributed by atoms with Gasteiger partial charge in [-0.3, -0.25) is 19.7 Å². The van der Waals surface area contributed by atoms with Crippen LogP contribution in [0.3, 0.4) is 0 Å². The predicted octanol–water partition coefficient (Wildman–Crippen LogP) is 4.26. The number of nitro groups is 1. The molecular formula is C21H15ClN4O4.